The van der Waals surface area contributed by atoms with Gasteiger partial charge in [-0.2, -0.15) is 0 Å². The molecule has 0 radical (unpaired) electrons. The molecule has 80 valence electrons. The SMILES string of the molecule is C#CCC(CC)NCc1cccc(Cl)c1. The van der Waals surface area contributed by atoms with Crippen LogP contribution in [-0.4, -0.2) is 6.04 Å². The van der Waals surface area contributed by atoms with E-state index in [9.17, 15) is 0 Å². The Morgan fingerprint density at radius 1 is 1.53 bits per heavy atom. The van der Waals surface area contributed by atoms with Crippen LogP contribution in [0.25, 0.3) is 0 Å². The average molecular weight is 222 g/mol. The Labute approximate surface area is 96.8 Å². The molecule has 0 saturated heterocycles. The Morgan fingerprint density at radius 2 is 2.33 bits per heavy atom. The highest BCUT2D eigenvalue weighted by Gasteiger charge is 2.03. The summed E-state index contributed by atoms with van der Waals surface area (Å²) < 4.78 is 0. The van der Waals surface area contributed by atoms with Crippen molar-refractivity contribution in [1.82, 2.24) is 5.32 Å². The topological polar surface area (TPSA) is 12.0 Å². The molecule has 0 aliphatic rings. The number of rotatable bonds is 5. The lowest BCUT2D eigenvalue weighted by atomic mass is 10.1. The first-order valence-corrected chi connectivity index (χ1v) is 5.55. The lowest BCUT2D eigenvalue weighted by Crippen LogP contribution is -2.27. The van der Waals surface area contributed by atoms with E-state index in [1.54, 1.807) is 0 Å². The van der Waals surface area contributed by atoms with Crippen LogP contribution in [0.5, 0.6) is 0 Å². The van der Waals surface area contributed by atoms with Gasteiger partial charge in [-0.25, -0.2) is 0 Å². The van der Waals surface area contributed by atoms with E-state index in [1.807, 2.05) is 18.2 Å². The first-order valence-electron chi connectivity index (χ1n) is 5.17. The summed E-state index contributed by atoms with van der Waals surface area (Å²) in [5.74, 6) is 2.68. The van der Waals surface area contributed by atoms with Gasteiger partial charge in [-0.05, 0) is 24.1 Å². The molecule has 0 aliphatic carbocycles. The van der Waals surface area contributed by atoms with Crippen molar-refractivity contribution in [2.45, 2.75) is 32.4 Å². The summed E-state index contributed by atoms with van der Waals surface area (Å²) in [6.45, 7) is 2.95. The molecule has 0 fully saturated rings. The summed E-state index contributed by atoms with van der Waals surface area (Å²) in [4.78, 5) is 0. The highest BCUT2D eigenvalue weighted by atomic mass is 35.5. The molecule has 0 heterocycles. The van der Waals surface area contributed by atoms with E-state index in [4.69, 9.17) is 18.0 Å². The lowest BCUT2D eigenvalue weighted by molar-refractivity contribution is 0.507. The Morgan fingerprint density at radius 3 is 2.93 bits per heavy atom. The second kappa shape index (κ2) is 6.50. The third-order valence-electron chi connectivity index (χ3n) is 2.34. The van der Waals surface area contributed by atoms with Gasteiger partial charge in [0.2, 0.25) is 0 Å². The molecule has 15 heavy (non-hydrogen) atoms. The quantitative estimate of drug-likeness (QED) is 0.753. The van der Waals surface area contributed by atoms with Crippen LogP contribution in [-0.2, 0) is 6.54 Å². The minimum Gasteiger partial charge on any atom is -0.309 e. The largest absolute Gasteiger partial charge is 0.309 e. The van der Waals surface area contributed by atoms with Crippen LogP contribution in [0.1, 0.15) is 25.3 Å². The molecule has 0 saturated carbocycles. The maximum atomic E-state index is 5.90. The molecule has 1 aromatic rings. The Hall–Kier alpha value is -0.970. The standard InChI is InChI=1S/C13H16ClN/c1-3-6-13(4-2)15-10-11-7-5-8-12(14)9-11/h1,5,7-9,13,15H,4,6,10H2,2H3. The summed E-state index contributed by atoms with van der Waals surface area (Å²) in [6.07, 6.45) is 7.11. The van der Waals surface area contributed by atoms with Crippen molar-refractivity contribution in [3.05, 3.63) is 34.9 Å². The zero-order valence-corrected chi connectivity index (χ0v) is 9.72. The minimum absolute atomic E-state index is 0.397. The third kappa shape index (κ3) is 4.38. The fraction of sp³-hybridized carbons (Fsp3) is 0.385. The maximum Gasteiger partial charge on any atom is 0.0409 e. The van der Waals surface area contributed by atoms with Crippen molar-refractivity contribution in [2.75, 3.05) is 0 Å². The molecule has 1 unspecified atom stereocenters. The van der Waals surface area contributed by atoms with Crippen LogP contribution in [0, 0.1) is 12.3 Å². The van der Waals surface area contributed by atoms with Crippen molar-refractivity contribution >= 4 is 11.6 Å². The fourth-order valence-electron chi connectivity index (χ4n) is 1.41. The van der Waals surface area contributed by atoms with E-state index in [2.05, 4.69) is 24.2 Å². The van der Waals surface area contributed by atoms with Gasteiger partial charge in [0.15, 0.2) is 0 Å². The summed E-state index contributed by atoms with van der Waals surface area (Å²) >= 11 is 5.90. The molecule has 1 nitrogen and oxygen atoms in total. The smallest absolute Gasteiger partial charge is 0.0409 e. The number of nitrogens with one attached hydrogen (secondary N) is 1. The van der Waals surface area contributed by atoms with E-state index in [-0.39, 0.29) is 0 Å². The molecule has 0 aliphatic heterocycles. The summed E-state index contributed by atoms with van der Waals surface area (Å²) in [5.41, 5.74) is 1.19. The van der Waals surface area contributed by atoms with Gasteiger partial charge in [0.05, 0.1) is 0 Å². The van der Waals surface area contributed by atoms with Gasteiger partial charge in [0.25, 0.3) is 0 Å². The van der Waals surface area contributed by atoms with Gasteiger partial charge >= 0.3 is 0 Å². The number of hydrogen-bond donors (Lipinski definition) is 1. The molecule has 1 rings (SSSR count). The Bertz CT molecular complexity index is 341. The van der Waals surface area contributed by atoms with E-state index >= 15 is 0 Å². The summed E-state index contributed by atoms with van der Waals surface area (Å²) in [6, 6.07) is 8.26. The predicted octanol–water partition coefficient (Wildman–Crippen LogP) is 3.23. The molecule has 0 amide bonds. The molecule has 0 aromatic heterocycles. The van der Waals surface area contributed by atoms with Gasteiger partial charge in [-0.15, -0.1) is 12.3 Å². The van der Waals surface area contributed by atoms with Crippen LogP contribution >= 0.6 is 11.6 Å². The molecular formula is C13H16ClN. The van der Waals surface area contributed by atoms with Gasteiger partial charge in [0.1, 0.15) is 0 Å². The molecule has 1 N–H and O–H groups in total. The van der Waals surface area contributed by atoms with Crippen LogP contribution in [0.2, 0.25) is 5.02 Å². The molecule has 0 bridgehead atoms. The van der Waals surface area contributed by atoms with Crippen molar-refractivity contribution in [3.63, 3.8) is 0 Å². The summed E-state index contributed by atoms with van der Waals surface area (Å²) in [7, 11) is 0. The monoisotopic (exact) mass is 221 g/mol. The van der Waals surface area contributed by atoms with E-state index in [1.165, 1.54) is 5.56 Å². The van der Waals surface area contributed by atoms with Crippen molar-refractivity contribution in [3.8, 4) is 12.3 Å². The summed E-state index contributed by atoms with van der Waals surface area (Å²) in [5, 5.41) is 4.19. The van der Waals surface area contributed by atoms with Crippen LogP contribution in [0.4, 0.5) is 0 Å². The number of hydrogen-bond acceptors (Lipinski definition) is 1. The van der Waals surface area contributed by atoms with Crippen LogP contribution < -0.4 is 5.32 Å². The minimum atomic E-state index is 0.397. The first kappa shape index (κ1) is 12.1. The fourth-order valence-corrected chi connectivity index (χ4v) is 1.63. The predicted molar refractivity (Wildman–Crippen MR) is 65.8 cm³/mol. The Kier molecular flexibility index (Phi) is 5.25. The molecule has 0 spiro atoms. The number of halogens is 1. The first-order chi connectivity index (χ1) is 7.26. The van der Waals surface area contributed by atoms with Gasteiger partial charge in [0, 0.05) is 24.0 Å². The Balaban J connectivity index is 2.46. The van der Waals surface area contributed by atoms with E-state index in [0.717, 1.165) is 24.4 Å². The molecule has 2 heteroatoms. The van der Waals surface area contributed by atoms with Crippen molar-refractivity contribution < 1.29 is 0 Å². The number of terminal acetylenes is 1. The highest BCUT2D eigenvalue weighted by molar-refractivity contribution is 6.30. The average Bonchev–Trinajstić information content (AvgIpc) is 2.24. The zero-order valence-electron chi connectivity index (χ0n) is 8.96. The van der Waals surface area contributed by atoms with Crippen molar-refractivity contribution in [2.24, 2.45) is 0 Å². The van der Waals surface area contributed by atoms with Crippen LogP contribution in [0.15, 0.2) is 24.3 Å². The maximum absolute atomic E-state index is 5.90. The molecular weight excluding hydrogens is 206 g/mol. The molecule has 1 aromatic carbocycles. The van der Waals surface area contributed by atoms with Crippen LogP contribution in [0.3, 0.4) is 0 Å². The van der Waals surface area contributed by atoms with Gasteiger partial charge < -0.3 is 5.32 Å². The molecule has 1 atom stereocenters. The second-order valence-corrected chi connectivity index (χ2v) is 3.96. The van der Waals surface area contributed by atoms with E-state index in [0.29, 0.717) is 6.04 Å². The normalized spacial score (nSPS) is 12.1. The zero-order chi connectivity index (χ0) is 11.1. The second-order valence-electron chi connectivity index (χ2n) is 3.52. The van der Waals surface area contributed by atoms with Gasteiger partial charge in [-0.1, -0.05) is 30.7 Å². The lowest BCUT2D eigenvalue weighted by Gasteiger charge is -2.14. The highest BCUT2D eigenvalue weighted by Crippen LogP contribution is 2.10. The van der Waals surface area contributed by atoms with Gasteiger partial charge in [-0.3, -0.25) is 0 Å². The number of benzene rings is 1. The van der Waals surface area contributed by atoms with Crippen molar-refractivity contribution in [1.29, 1.82) is 0 Å². The van der Waals surface area contributed by atoms with E-state index < -0.39 is 0 Å². The third-order valence-corrected chi connectivity index (χ3v) is 2.58.